The Bertz CT molecular complexity index is 422. The van der Waals surface area contributed by atoms with Gasteiger partial charge in [0, 0.05) is 6.42 Å². The summed E-state index contributed by atoms with van der Waals surface area (Å²) in [6.07, 6.45) is 0.659. The molecule has 0 aliphatic carbocycles. The van der Waals surface area contributed by atoms with Gasteiger partial charge >= 0.3 is 5.97 Å². The highest BCUT2D eigenvalue weighted by molar-refractivity contribution is 5.67. The maximum Gasteiger partial charge on any atom is 0.303 e. The molecule has 0 saturated heterocycles. The third kappa shape index (κ3) is 4.40. The van der Waals surface area contributed by atoms with Crippen molar-refractivity contribution in [1.29, 1.82) is 0 Å². The molecule has 0 amide bonds. The van der Waals surface area contributed by atoms with E-state index in [2.05, 4.69) is 19.9 Å². The van der Waals surface area contributed by atoms with Gasteiger partial charge in [-0.1, -0.05) is 31.5 Å². The van der Waals surface area contributed by atoms with E-state index in [1.807, 2.05) is 19.9 Å². The fraction of sp³-hybridized carbons (Fsp3) is 0.533. The number of hydrogen-bond acceptors (Lipinski definition) is 2. The van der Waals surface area contributed by atoms with Gasteiger partial charge in [-0.05, 0) is 37.3 Å². The second kappa shape index (κ2) is 6.43. The van der Waals surface area contributed by atoms with Crippen LogP contribution in [0.4, 0.5) is 0 Å². The molecule has 100 valence electrons. The Morgan fingerprint density at radius 1 is 1.33 bits per heavy atom. The lowest BCUT2D eigenvalue weighted by molar-refractivity contribution is -0.136. The van der Waals surface area contributed by atoms with E-state index in [1.54, 1.807) is 0 Å². The van der Waals surface area contributed by atoms with Crippen LogP contribution in [0, 0.1) is 19.8 Å². The Morgan fingerprint density at radius 2 is 2.00 bits per heavy atom. The Hall–Kier alpha value is -1.51. The van der Waals surface area contributed by atoms with E-state index in [9.17, 15) is 4.79 Å². The number of aryl methyl sites for hydroxylation is 3. The number of aliphatic carboxylic acids is 1. The van der Waals surface area contributed by atoms with Crippen LogP contribution in [0.15, 0.2) is 12.1 Å². The normalized spacial score (nSPS) is 10.7. The molecule has 1 aromatic carbocycles. The highest BCUT2D eigenvalue weighted by Crippen LogP contribution is 2.27. The van der Waals surface area contributed by atoms with Crippen molar-refractivity contribution in [2.24, 2.45) is 5.92 Å². The van der Waals surface area contributed by atoms with Crippen LogP contribution in [-0.4, -0.2) is 17.7 Å². The smallest absolute Gasteiger partial charge is 0.303 e. The predicted molar refractivity (Wildman–Crippen MR) is 72.2 cm³/mol. The Balaban J connectivity index is 2.93. The van der Waals surface area contributed by atoms with Crippen molar-refractivity contribution in [2.45, 2.75) is 40.5 Å². The highest BCUT2D eigenvalue weighted by atomic mass is 16.5. The van der Waals surface area contributed by atoms with Crippen molar-refractivity contribution < 1.29 is 14.6 Å². The van der Waals surface area contributed by atoms with Crippen molar-refractivity contribution in [2.75, 3.05) is 6.61 Å². The Morgan fingerprint density at radius 3 is 2.56 bits per heavy atom. The summed E-state index contributed by atoms with van der Waals surface area (Å²) in [5.41, 5.74) is 3.22. The molecule has 3 heteroatoms. The van der Waals surface area contributed by atoms with Gasteiger partial charge < -0.3 is 9.84 Å². The second-order valence-corrected chi connectivity index (χ2v) is 5.17. The fourth-order valence-corrected chi connectivity index (χ4v) is 1.93. The van der Waals surface area contributed by atoms with Gasteiger partial charge in [0.2, 0.25) is 0 Å². The molecule has 0 fully saturated rings. The van der Waals surface area contributed by atoms with E-state index in [-0.39, 0.29) is 6.42 Å². The Labute approximate surface area is 109 Å². The van der Waals surface area contributed by atoms with Crippen molar-refractivity contribution >= 4 is 5.97 Å². The first-order valence-corrected chi connectivity index (χ1v) is 6.35. The molecule has 0 aromatic heterocycles. The van der Waals surface area contributed by atoms with Crippen LogP contribution >= 0.6 is 0 Å². The standard InChI is InChI=1S/C15H22O3/c1-10(2)9-18-15-12(4)7-11(3)8-13(15)5-6-14(16)17/h7-8,10H,5-6,9H2,1-4H3,(H,16,17). The minimum absolute atomic E-state index is 0.140. The number of carbonyl (C=O) groups is 1. The minimum Gasteiger partial charge on any atom is -0.493 e. The van der Waals surface area contributed by atoms with Crippen molar-refractivity contribution in [1.82, 2.24) is 0 Å². The number of carboxylic acid groups (broad SMARTS) is 1. The molecule has 1 aromatic rings. The van der Waals surface area contributed by atoms with Gasteiger partial charge in [-0.3, -0.25) is 4.79 Å². The average Bonchev–Trinajstić information content (AvgIpc) is 2.24. The predicted octanol–water partition coefficient (Wildman–Crippen LogP) is 3.36. The number of rotatable bonds is 6. The zero-order valence-corrected chi connectivity index (χ0v) is 11.6. The van der Waals surface area contributed by atoms with Gasteiger partial charge in [0.1, 0.15) is 5.75 Å². The quantitative estimate of drug-likeness (QED) is 0.842. The zero-order chi connectivity index (χ0) is 13.7. The summed E-state index contributed by atoms with van der Waals surface area (Å²) in [5.74, 6) is 0.539. The third-order valence-corrected chi connectivity index (χ3v) is 2.67. The summed E-state index contributed by atoms with van der Waals surface area (Å²) in [6.45, 7) is 8.88. The molecular formula is C15H22O3. The molecule has 0 spiro atoms. The van der Waals surface area contributed by atoms with E-state index in [4.69, 9.17) is 9.84 Å². The van der Waals surface area contributed by atoms with E-state index < -0.39 is 5.97 Å². The number of benzene rings is 1. The SMILES string of the molecule is Cc1cc(C)c(OCC(C)C)c(CCC(=O)O)c1. The first-order chi connectivity index (χ1) is 8.40. The molecule has 0 bridgehead atoms. The van der Waals surface area contributed by atoms with Gasteiger partial charge in [-0.15, -0.1) is 0 Å². The summed E-state index contributed by atoms with van der Waals surface area (Å²) < 4.78 is 5.82. The van der Waals surface area contributed by atoms with Crippen LogP contribution < -0.4 is 4.74 Å². The summed E-state index contributed by atoms with van der Waals surface area (Å²) in [7, 11) is 0. The molecule has 0 atom stereocenters. The van der Waals surface area contributed by atoms with Crippen molar-refractivity contribution in [3.05, 3.63) is 28.8 Å². The van der Waals surface area contributed by atoms with Gasteiger partial charge in [0.15, 0.2) is 0 Å². The maximum absolute atomic E-state index is 10.7. The van der Waals surface area contributed by atoms with E-state index in [1.165, 1.54) is 0 Å². The van der Waals surface area contributed by atoms with Crippen LogP contribution in [-0.2, 0) is 11.2 Å². The van der Waals surface area contributed by atoms with Gasteiger partial charge in [0.05, 0.1) is 6.61 Å². The maximum atomic E-state index is 10.7. The van der Waals surface area contributed by atoms with E-state index in [0.717, 1.165) is 22.4 Å². The molecule has 0 saturated carbocycles. The molecule has 0 unspecified atom stereocenters. The molecule has 0 radical (unpaired) electrons. The first-order valence-electron chi connectivity index (χ1n) is 6.35. The summed E-state index contributed by atoms with van der Waals surface area (Å²) in [4.78, 5) is 10.7. The van der Waals surface area contributed by atoms with Crippen LogP contribution in [0.5, 0.6) is 5.75 Å². The van der Waals surface area contributed by atoms with Gasteiger partial charge in [-0.2, -0.15) is 0 Å². The Kier molecular flexibility index (Phi) is 5.20. The van der Waals surface area contributed by atoms with Gasteiger partial charge in [0.25, 0.3) is 0 Å². The van der Waals surface area contributed by atoms with Crippen molar-refractivity contribution in [3.8, 4) is 5.75 Å². The highest BCUT2D eigenvalue weighted by Gasteiger charge is 2.11. The lowest BCUT2D eigenvalue weighted by Crippen LogP contribution is -2.08. The summed E-state index contributed by atoms with van der Waals surface area (Å²) in [6, 6.07) is 4.09. The zero-order valence-electron chi connectivity index (χ0n) is 11.6. The van der Waals surface area contributed by atoms with Crippen LogP contribution in [0.25, 0.3) is 0 Å². The molecule has 1 rings (SSSR count). The molecule has 0 heterocycles. The largest absolute Gasteiger partial charge is 0.493 e. The van der Waals surface area contributed by atoms with Crippen molar-refractivity contribution in [3.63, 3.8) is 0 Å². The first kappa shape index (κ1) is 14.6. The molecule has 0 aliphatic rings. The molecule has 0 aliphatic heterocycles. The summed E-state index contributed by atoms with van der Waals surface area (Å²) in [5, 5.41) is 8.78. The van der Waals surface area contributed by atoms with E-state index in [0.29, 0.717) is 18.9 Å². The molecular weight excluding hydrogens is 228 g/mol. The lowest BCUT2D eigenvalue weighted by Gasteiger charge is -2.16. The van der Waals surface area contributed by atoms with Gasteiger partial charge in [-0.25, -0.2) is 0 Å². The molecule has 18 heavy (non-hydrogen) atoms. The van der Waals surface area contributed by atoms with Crippen LogP contribution in [0.1, 0.15) is 37.0 Å². The average molecular weight is 250 g/mol. The second-order valence-electron chi connectivity index (χ2n) is 5.17. The summed E-state index contributed by atoms with van der Waals surface area (Å²) >= 11 is 0. The number of hydrogen-bond donors (Lipinski definition) is 1. The molecule has 3 nitrogen and oxygen atoms in total. The monoisotopic (exact) mass is 250 g/mol. The lowest BCUT2D eigenvalue weighted by atomic mass is 10.0. The molecule has 1 N–H and O–H groups in total. The topological polar surface area (TPSA) is 46.5 Å². The number of carboxylic acids is 1. The minimum atomic E-state index is -0.774. The number of ether oxygens (including phenoxy) is 1. The van der Waals surface area contributed by atoms with Crippen LogP contribution in [0.3, 0.4) is 0 Å². The third-order valence-electron chi connectivity index (χ3n) is 2.67. The van der Waals surface area contributed by atoms with E-state index >= 15 is 0 Å². The fourth-order valence-electron chi connectivity index (χ4n) is 1.93. The van der Waals surface area contributed by atoms with Crippen LogP contribution in [0.2, 0.25) is 0 Å².